The van der Waals surface area contributed by atoms with E-state index >= 15 is 0 Å². The van der Waals surface area contributed by atoms with E-state index in [1.807, 2.05) is 0 Å². The maximum atomic E-state index is 12.7. The molecule has 0 aliphatic carbocycles. The van der Waals surface area contributed by atoms with E-state index in [1.54, 1.807) is 0 Å². The molecule has 0 radical (unpaired) electrons. The molecule has 0 unspecified atom stereocenters. The zero-order valence-electron chi connectivity index (χ0n) is 26.1. The van der Waals surface area contributed by atoms with Gasteiger partial charge in [0.1, 0.15) is 0 Å². The number of rotatable bonds is 4. The van der Waals surface area contributed by atoms with Crippen LogP contribution in [0, 0.1) is 0 Å². The second-order valence-corrected chi connectivity index (χ2v) is 5.12. The van der Waals surface area contributed by atoms with Crippen LogP contribution in [0.4, 0.5) is 0 Å². The van der Waals surface area contributed by atoms with Gasteiger partial charge in [-0.2, -0.15) is 0 Å². The van der Waals surface area contributed by atoms with Crippen LogP contribution in [-0.4, -0.2) is 39.0 Å². The van der Waals surface area contributed by atoms with E-state index in [0.717, 1.165) is 0 Å². The Morgan fingerprint density at radius 3 is 3.21 bits per heavy atom. The van der Waals surface area contributed by atoms with E-state index in [1.165, 1.54) is 6.92 Å². The largest absolute Gasteiger partial charge is 0.303 e. The Bertz CT molecular complexity index is 1140. The SMILES string of the molecule is [2H]c1c([2H])c([C@]2([2H])C([2H])([2H])N(CCC)C([2H])([2H])C([2H])([2H])C2([2H])[2H])c([2H])c(S(=O)(=O)C([2H])([2H])[2H])c1[2H]. The first-order chi connectivity index (χ1) is 15.3. The minimum Gasteiger partial charge on any atom is -0.303 e. The normalized spacial score (nSPS) is 48.9. The van der Waals surface area contributed by atoms with Crippen molar-refractivity contribution in [2.24, 2.45) is 0 Å². The van der Waals surface area contributed by atoms with Gasteiger partial charge in [0.25, 0.3) is 0 Å². The Kier molecular flexibility index (Phi) is 1.37. The predicted molar refractivity (Wildman–Crippen MR) is 78.3 cm³/mol. The molecule has 1 aliphatic rings. The number of hydrogen-bond acceptors (Lipinski definition) is 3. The molecule has 0 amide bonds. The summed E-state index contributed by atoms with van der Waals surface area (Å²) in [6.07, 6.45) is -11.5. The van der Waals surface area contributed by atoms with Crippen LogP contribution in [0.5, 0.6) is 0 Å². The monoisotopic (exact) mass is 297 g/mol. The van der Waals surface area contributed by atoms with Gasteiger partial charge >= 0.3 is 0 Å². The zero-order chi connectivity index (χ0) is 28.0. The van der Waals surface area contributed by atoms with Crippen molar-refractivity contribution in [2.75, 3.05) is 25.7 Å². The third kappa shape index (κ3) is 3.80. The molecule has 19 heavy (non-hydrogen) atoms. The van der Waals surface area contributed by atoms with Gasteiger partial charge in [-0.15, -0.1) is 0 Å². The Morgan fingerprint density at radius 2 is 2.47 bits per heavy atom. The summed E-state index contributed by atoms with van der Waals surface area (Å²) in [5.41, 5.74) is -1.49. The lowest BCUT2D eigenvalue weighted by atomic mass is 9.90. The smallest absolute Gasteiger partial charge is 0.175 e. The third-order valence-electron chi connectivity index (χ3n) is 2.19. The lowest BCUT2D eigenvalue weighted by Crippen LogP contribution is -2.34. The molecule has 106 valence electrons. The fraction of sp³-hybridized carbons (Fsp3) is 0.600. The highest BCUT2D eigenvalue weighted by molar-refractivity contribution is 7.90. The Labute approximate surface area is 139 Å². The molecule has 1 saturated heterocycles. The molecule has 0 bridgehead atoms. The number of nitrogens with zero attached hydrogens (tertiary/aromatic N) is 1. The van der Waals surface area contributed by atoms with Crippen LogP contribution >= 0.6 is 0 Å². The second-order valence-electron chi connectivity index (χ2n) is 3.71. The molecular formula is C15H23NO2S. The fourth-order valence-electron chi connectivity index (χ4n) is 1.39. The van der Waals surface area contributed by atoms with Crippen LogP contribution < -0.4 is 0 Å². The molecule has 1 heterocycles. The fourth-order valence-corrected chi connectivity index (χ4v) is 1.81. The van der Waals surface area contributed by atoms with Crippen LogP contribution in [0.2, 0.25) is 0 Å². The van der Waals surface area contributed by atoms with Crippen LogP contribution in [-0.2, 0) is 9.84 Å². The number of hydrogen-bond donors (Lipinski definition) is 0. The van der Waals surface area contributed by atoms with Gasteiger partial charge in [0.15, 0.2) is 9.84 Å². The molecule has 1 aromatic carbocycles. The highest BCUT2D eigenvalue weighted by atomic mass is 32.2. The van der Waals surface area contributed by atoms with Crippen molar-refractivity contribution in [1.29, 1.82) is 0 Å². The summed E-state index contributed by atoms with van der Waals surface area (Å²) in [7, 11) is -5.60. The van der Waals surface area contributed by atoms with Gasteiger partial charge in [-0.25, -0.2) is 8.42 Å². The Hall–Kier alpha value is -0.870. The number of likely N-dealkylation sites (tertiary alicyclic amines) is 1. The summed E-state index contributed by atoms with van der Waals surface area (Å²) < 4.78 is 155. The standard InChI is InChI=1S/C15H23NO2S/c1-3-9-16-10-5-7-14(12-16)13-6-4-8-15(11-13)19(2,17)18/h4,6,8,11,14H,3,5,7,9-10,12H2,1-2H3/t14-/m0/s1/i2D3,4D,5D2,6D,7D2,8D,10D2,11D,12D2,14D. The van der Waals surface area contributed by atoms with Crippen molar-refractivity contribution in [2.45, 2.75) is 36.9 Å². The molecule has 0 saturated carbocycles. The van der Waals surface area contributed by atoms with Crippen molar-refractivity contribution >= 4 is 9.84 Å². The Balaban J connectivity index is 3.22. The molecule has 4 heteroatoms. The van der Waals surface area contributed by atoms with Gasteiger partial charge in [-0.3, -0.25) is 0 Å². The first kappa shape index (κ1) is 4.31. The van der Waals surface area contributed by atoms with E-state index in [2.05, 4.69) is 0 Å². The highest BCUT2D eigenvalue weighted by Gasteiger charge is 2.21. The van der Waals surface area contributed by atoms with Gasteiger partial charge < -0.3 is 4.90 Å². The molecule has 1 atom stereocenters. The molecule has 0 aromatic heterocycles. The van der Waals surface area contributed by atoms with Crippen molar-refractivity contribution in [3.8, 4) is 0 Å². The van der Waals surface area contributed by atoms with Crippen molar-refractivity contribution in [3.63, 3.8) is 0 Å². The number of piperidine rings is 1. The van der Waals surface area contributed by atoms with Crippen molar-refractivity contribution in [1.82, 2.24) is 4.90 Å². The summed E-state index contributed by atoms with van der Waals surface area (Å²) in [6, 6.07) is -5.75. The van der Waals surface area contributed by atoms with Gasteiger partial charge in [0.2, 0.25) is 0 Å². The van der Waals surface area contributed by atoms with Gasteiger partial charge in [-0.1, -0.05) is 19.0 Å². The van der Waals surface area contributed by atoms with Crippen molar-refractivity contribution in [3.05, 3.63) is 29.7 Å². The van der Waals surface area contributed by atoms with Crippen molar-refractivity contribution < 1.29 is 30.3 Å². The van der Waals surface area contributed by atoms with Crippen LogP contribution in [0.1, 0.15) is 59.5 Å². The van der Waals surface area contributed by atoms with Gasteiger partial charge in [0.05, 0.1) is 10.4 Å². The van der Waals surface area contributed by atoms with E-state index in [9.17, 15) is 8.42 Å². The van der Waals surface area contributed by atoms with E-state index in [-0.39, 0.29) is 11.3 Å². The summed E-state index contributed by atoms with van der Waals surface area (Å²) >= 11 is 0. The molecule has 1 fully saturated rings. The lowest BCUT2D eigenvalue weighted by molar-refractivity contribution is 0.208. The van der Waals surface area contributed by atoms with E-state index < -0.39 is 88.8 Å². The molecule has 0 N–H and O–H groups in total. The van der Waals surface area contributed by atoms with Gasteiger partial charge in [0, 0.05) is 29.1 Å². The number of benzene rings is 1. The average molecular weight is 298 g/mol. The summed E-state index contributed by atoms with van der Waals surface area (Å²) in [5.74, 6) is -3.78. The minimum absolute atomic E-state index is 0.0102. The molecule has 0 spiro atoms. The summed E-state index contributed by atoms with van der Waals surface area (Å²) in [5, 5.41) is 0. The van der Waals surface area contributed by atoms with Gasteiger partial charge in [-0.05, 0) is 55.8 Å². The predicted octanol–water partition coefficient (Wildman–Crippen LogP) is 2.68. The van der Waals surface area contributed by atoms with Crippen LogP contribution in [0.3, 0.4) is 0 Å². The second kappa shape index (κ2) is 6.06. The molecule has 1 aromatic rings. The topological polar surface area (TPSA) is 37.4 Å². The third-order valence-corrected chi connectivity index (χ3v) is 2.93. The quantitative estimate of drug-likeness (QED) is 0.857. The molecule has 1 aliphatic heterocycles. The maximum Gasteiger partial charge on any atom is 0.175 e. The lowest BCUT2D eigenvalue weighted by Gasteiger charge is -2.32. The molecular weight excluding hydrogens is 258 g/mol. The first-order valence-electron chi connectivity index (χ1n) is 13.5. The minimum atomic E-state index is -5.60. The van der Waals surface area contributed by atoms with Crippen LogP contribution in [0.25, 0.3) is 0 Å². The van der Waals surface area contributed by atoms with E-state index in [4.69, 9.17) is 21.9 Å². The average Bonchev–Trinajstić information content (AvgIpc) is 2.67. The molecule has 2 rings (SSSR count). The molecule has 3 nitrogen and oxygen atoms in total. The maximum absolute atomic E-state index is 12.7. The summed E-state index contributed by atoms with van der Waals surface area (Å²) in [4.78, 5) is -1.47. The highest BCUT2D eigenvalue weighted by Crippen LogP contribution is 2.28. The van der Waals surface area contributed by atoms with E-state index in [0.29, 0.717) is 0 Å². The first-order valence-corrected chi connectivity index (χ1v) is 6.95. The summed E-state index contributed by atoms with van der Waals surface area (Å²) in [6.45, 7) is -6.05. The zero-order valence-corrected chi connectivity index (χ0v) is 10.9. The number of sulfone groups is 1. The Morgan fingerprint density at radius 1 is 1.63 bits per heavy atom. The van der Waals surface area contributed by atoms with Crippen LogP contribution in [0.15, 0.2) is 29.1 Å².